The summed E-state index contributed by atoms with van der Waals surface area (Å²) in [7, 11) is -2.45. The van der Waals surface area contributed by atoms with E-state index in [1.54, 1.807) is 19.2 Å². The minimum atomic E-state index is -4.01. The van der Waals surface area contributed by atoms with E-state index in [9.17, 15) is 17.2 Å². The quantitative estimate of drug-likeness (QED) is 0.912. The summed E-state index contributed by atoms with van der Waals surface area (Å²) in [5.74, 6) is -1.58. The fraction of sp³-hybridized carbons (Fsp3) is 0.0769. The Morgan fingerprint density at radius 2 is 1.70 bits per heavy atom. The van der Waals surface area contributed by atoms with Gasteiger partial charge in [-0.3, -0.25) is 4.72 Å². The molecule has 0 aliphatic rings. The fourth-order valence-corrected chi connectivity index (χ4v) is 2.96. The molecule has 0 aromatic heterocycles. The molecular formula is C13H12F2N2O2S. The number of rotatable bonds is 4. The molecule has 4 nitrogen and oxygen atoms in total. The van der Waals surface area contributed by atoms with Gasteiger partial charge in [-0.25, -0.2) is 17.2 Å². The number of hydrogen-bond donors (Lipinski definition) is 2. The van der Waals surface area contributed by atoms with Gasteiger partial charge in [-0.1, -0.05) is 12.1 Å². The molecule has 106 valence electrons. The molecule has 0 saturated heterocycles. The standard InChI is InChI=1S/C13H12F2N2O2S/c1-16-11-4-2-3-5-13(11)20(18,19)17-12-8-9(14)6-7-10(12)15/h2-8,16-17H,1H3. The summed E-state index contributed by atoms with van der Waals surface area (Å²) in [4.78, 5) is -0.0499. The van der Waals surface area contributed by atoms with Gasteiger partial charge in [0.2, 0.25) is 0 Å². The summed E-state index contributed by atoms with van der Waals surface area (Å²) in [6, 6.07) is 8.69. The molecule has 2 aromatic rings. The first-order valence-electron chi connectivity index (χ1n) is 5.68. The molecule has 0 amide bonds. The van der Waals surface area contributed by atoms with E-state index < -0.39 is 27.3 Å². The highest BCUT2D eigenvalue weighted by atomic mass is 32.2. The minimum absolute atomic E-state index is 0.0499. The molecule has 0 aliphatic heterocycles. The van der Waals surface area contributed by atoms with Crippen molar-refractivity contribution in [3.8, 4) is 0 Å². The molecule has 0 spiro atoms. The lowest BCUT2D eigenvalue weighted by molar-refractivity contribution is 0.594. The second-order valence-electron chi connectivity index (χ2n) is 3.98. The van der Waals surface area contributed by atoms with E-state index in [0.29, 0.717) is 5.69 Å². The largest absolute Gasteiger partial charge is 0.387 e. The average molecular weight is 298 g/mol. The first-order valence-corrected chi connectivity index (χ1v) is 7.17. The number of hydrogen-bond acceptors (Lipinski definition) is 3. The molecule has 0 aliphatic carbocycles. The first kappa shape index (κ1) is 14.3. The van der Waals surface area contributed by atoms with Crippen molar-refractivity contribution in [3.63, 3.8) is 0 Å². The summed E-state index contributed by atoms with van der Waals surface area (Å²) in [6.45, 7) is 0. The molecule has 0 atom stereocenters. The Morgan fingerprint density at radius 1 is 1.00 bits per heavy atom. The van der Waals surface area contributed by atoms with Crippen LogP contribution in [-0.4, -0.2) is 15.5 Å². The van der Waals surface area contributed by atoms with E-state index in [4.69, 9.17) is 0 Å². The van der Waals surface area contributed by atoms with Gasteiger partial charge in [0.15, 0.2) is 0 Å². The van der Waals surface area contributed by atoms with Crippen LogP contribution in [0.4, 0.5) is 20.2 Å². The Bertz CT molecular complexity index is 733. The van der Waals surface area contributed by atoms with Gasteiger partial charge in [0, 0.05) is 13.1 Å². The van der Waals surface area contributed by atoms with Crippen molar-refractivity contribution in [3.05, 3.63) is 54.1 Å². The molecule has 0 fully saturated rings. The third-order valence-corrected chi connectivity index (χ3v) is 4.04. The van der Waals surface area contributed by atoms with Crippen molar-refractivity contribution in [2.75, 3.05) is 17.1 Å². The molecule has 0 saturated carbocycles. The molecular weight excluding hydrogens is 286 g/mol. The zero-order valence-electron chi connectivity index (χ0n) is 10.5. The Hall–Kier alpha value is -2.15. The summed E-state index contributed by atoms with van der Waals surface area (Å²) < 4.78 is 53.0. The van der Waals surface area contributed by atoms with Crippen LogP contribution >= 0.6 is 0 Å². The van der Waals surface area contributed by atoms with E-state index in [1.807, 2.05) is 4.72 Å². The highest BCUT2D eigenvalue weighted by Crippen LogP contribution is 2.24. The highest BCUT2D eigenvalue weighted by molar-refractivity contribution is 7.92. The van der Waals surface area contributed by atoms with Gasteiger partial charge in [-0.15, -0.1) is 0 Å². The van der Waals surface area contributed by atoms with E-state index >= 15 is 0 Å². The minimum Gasteiger partial charge on any atom is -0.387 e. The zero-order valence-corrected chi connectivity index (χ0v) is 11.3. The van der Waals surface area contributed by atoms with Gasteiger partial charge in [0.25, 0.3) is 10.0 Å². The van der Waals surface area contributed by atoms with Crippen molar-refractivity contribution >= 4 is 21.4 Å². The average Bonchev–Trinajstić information content (AvgIpc) is 2.42. The van der Waals surface area contributed by atoms with Gasteiger partial charge < -0.3 is 5.32 Å². The second-order valence-corrected chi connectivity index (χ2v) is 5.63. The first-order chi connectivity index (χ1) is 9.44. The van der Waals surface area contributed by atoms with E-state index in [2.05, 4.69) is 5.32 Å². The summed E-state index contributed by atoms with van der Waals surface area (Å²) in [5, 5.41) is 2.73. The van der Waals surface area contributed by atoms with Gasteiger partial charge in [0.1, 0.15) is 16.5 Å². The van der Waals surface area contributed by atoms with E-state index in [1.165, 1.54) is 12.1 Å². The van der Waals surface area contributed by atoms with Crippen LogP contribution in [0.2, 0.25) is 0 Å². The van der Waals surface area contributed by atoms with Crippen LogP contribution in [0.1, 0.15) is 0 Å². The van der Waals surface area contributed by atoms with Crippen LogP contribution in [0.3, 0.4) is 0 Å². The van der Waals surface area contributed by atoms with Crippen LogP contribution in [0.25, 0.3) is 0 Å². The summed E-state index contributed by atoms with van der Waals surface area (Å²) in [6.07, 6.45) is 0. The van der Waals surface area contributed by atoms with Crippen LogP contribution in [-0.2, 0) is 10.0 Å². The van der Waals surface area contributed by atoms with Crippen molar-refractivity contribution in [1.29, 1.82) is 0 Å². The van der Waals surface area contributed by atoms with Gasteiger partial charge in [-0.2, -0.15) is 0 Å². The zero-order chi connectivity index (χ0) is 14.8. The predicted octanol–water partition coefficient (Wildman–Crippen LogP) is 2.81. The van der Waals surface area contributed by atoms with E-state index in [0.717, 1.165) is 18.2 Å². The van der Waals surface area contributed by atoms with Crippen LogP contribution in [0, 0.1) is 11.6 Å². The molecule has 7 heteroatoms. The topological polar surface area (TPSA) is 58.2 Å². The maximum absolute atomic E-state index is 13.5. The normalized spacial score (nSPS) is 11.2. The third-order valence-electron chi connectivity index (χ3n) is 2.62. The van der Waals surface area contributed by atoms with E-state index in [-0.39, 0.29) is 4.90 Å². The number of benzene rings is 2. The Balaban J connectivity index is 2.43. The number of sulfonamides is 1. The number of halogens is 2. The third kappa shape index (κ3) is 2.88. The monoisotopic (exact) mass is 298 g/mol. The van der Waals surface area contributed by atoms with Crippen molar-refractivity contribution in [1.82, 2.24) is 0 Å². The van der Waals surface area contributed by atoms with Gasteiger partial charge in [0.05, 0.1) is 11.4 Å². The van der Waals surface area contributed by atoms with Gasteiger partial charge >= 0.3 is 0 Å². The smallest absolute Gasteiger partial charge is 0.264 e. The Morgan fingerprint density at radius 3 is 2.40 bits per heavy atom. The van der Waals surface area contributed by atoms with Crippen LogP contribution in [0.15, 0.2) is 47.4 Å². The lowest BCUT2D eigenvalue weighted by Crippen LogP contribution is -2.15. The van der Waals surface area contributed by atoms with Crippen molar-refractivity contribution in [2.45, 2.75) is 4.90 Å². The maximum Gasteiger partial charge on any atom is 0.264 e. The maximum atomic E-state index is 13.5. The number of anilines is 2. The second kappa shape index (κ2) is 5.46. The Kier molecular flexibility index (Phi) is 3.89. The lowest BCUT2D eigenvalue weighted by atomic mass is 10.3. The fourth-order valence-electron chi connectivity index (χ4n) is 1.68. The highest BCUT2D eigenvalue weighted by Gasteiger charge is 2.19. The molecule has 0 heterocycles. The molecule has 0 radical (unpaired) electrons. The molecule has 20 heavy (non-hydrogen) atoms. The summed E-state index contributed by atoms with van der Waals surface area (Å²) >= 11 is 0. The van der Waals surface area contributed by atoms with Crippen LogP contribution < -0.4 is 10.0 Å². The van der Waals surface area contributed by atoms with Crippen molar-refractivity contribution in [2.24, 2.45) is 0 Å². The molecule has 2 N–H and O–H groups in total. The number of para-hydroxylation sites is 1. The SMILES string of the molecule is CNc1ccccc1S(=O)(=O)Nc1cc(F)ccc1F. The molecule has 0 unspecified atom stereocenters. The Labute approximate surface area is 115 Å². The van der Waals surface area contributed by atoms with Crippen molar-refractivity contribution < 1.29 is 17.2 Å². The summed E-state index contributed by atoms with van der Waals surface area (Å²) in [5.41, 5.74) is -0.0762. The molecule has 2 rings (SSSR count). The predicted molar refractivity (Wildman–Crippen MR) is 73.2 cm³/mol. The molecule has 0 bridgehead atoms. The van der Waals surface area contributed by atoms with Gasteiger partial charge in [-0.05, 0) is 24.3 Å². The number of nitrogens with one attached hydrogen (secondary N) is 2. The molecule has 2 aromatic carbocycles. The van der Waals surface area contributed by atoms with Crippen LogP contribution in [0.5, 0.6) is 0 Å². The lowest BCUT2D eigenvalue weighted by Gasteiger charge is -2.12.